The lowest BCUT2D eigenvalue weighted by molar-refractivity contribution is -0.139. The highest BCUT2D eigenvalue weighted by Crippen LogP contribution is 2.28. The number of carbonyl (C=O) groups is 2. The molecule has 6 heteroatoms. The molecule has 0 aliphatic carbocycles. The fraction of sp³-hybridized carbons (Fsp3) is 0.188. The van der Waals surface area contributed by atoms with Crippen molar-refractivity contribution < 1.29 is 14.0 Å². The highest BCUT2D eigenvalue weighted by Gasteiger charge is 2.32. The molecule has 0 saturated heterocycles. The third-order valence-electron chi connectivity index (χ3n) is 6.52. The first-order valence-electron chi connectivity index (χ1n) is 12.5. The minimum atomic E-state index is -0.972. The van der Waals surface area contributed by atoms with E-state index < -0.39 is 11.9 Å². The van der Waals surface area contributed by atoms with Crippen LogP contribution < -0.4 is 10.2 Å². The van der Waals surface area contributed by atoms with E-state index in [1.807, 2.05) is 105 Å². The van der Waals surface area contributed by atoms with Crippen molar-refractivity contribution in [2.75, 3.05) is 24.3 Å². The molecule has 0 bridgehead atoms. The molecule has 0 saturated carbocycles. The van der Waals surface area contributed by atoms with E-state index in [9.17, 15) is 14.0 Å². The number of nitrogens with zero attached hydrogens (tertiary/aromatic N) is 2. The molecule has 1 unspecified atom stereocenters. The molecule has 194 valence electrons. The summed E-state index contributed by atoms with van der Waals surface area (Å²) in [6, 6.07) is 29.5. The maximum absolute atomic E-state index is 13.9. The van der Waals surface area contributed by atoms with Crippen molar-refractivity contribution in [3.8, 4) is 0 Å². The van der Waals surface area contributed by atoms with Crippen LogP contribution in [0, 0.1) is 12.7 Å². The van der Waals surface area contributed by atoms with Crippen molar-refractivity contribution in [1.82, 2.24) is 4.90 Å². The van der Waals surface area contributed by atoms with Crippen molar-refractivity contribution in [2.24, 2.45) is 0 Å². The first-order chi connectivity index (χ1) is 18.3. The Balaban J connectivity index is 1.73. The summed E-state index contributed by atoms with van der Waals surface area (Å²) in [5, 5.41) is 2.98. The number of amides is 2. The molecule has 0 fully saturated rings. The van der Waals surface area contributed by atoms with Crippen LogP contribution in [0.5, 0.6) is 0 Å². The number of nitrogens with one attached hydrogen (secondary N) is 1. The van der Waals surface area contributed by atoms with E-state index >= 15 is 0 Å². The molecular weight excluding hydrogens is 477 g/mol. The Hall–Kier alpha value is -4.45. The number of benzene rings is 4. The van der Waals surface area contributed by atoms with Crippen LogP contribution in [0.3, 0.4) is 0 Å². The zero-order valence-electron chi connectivity index (χ0n) is 21.9. The fourth-order valence-corrected chi connectivity index (χ4v) is 4.34. The number of hydrogen-bond acceptors (Lipinski definition) is 3. The lowest BCUT2D eigenvalue weighted by Gasteiger charge is -2.32. The van der Waals surface area contributed by atoms with Gasteiger partial charge in [0.1, 0.15) is 11.9 Å². The summed E-state index contributed by atoms with van der Waals surface area (Å²) < 4.78 is 13.9. The molecule has 4 rings (SSSR count). The molecule has 0 radical (unpaired) electrons. The SMILES string of the molecule is Cc1ccccc1CN(C(=O)Cc1ccccc1)C(C(=O)Nc1ccc(N(C)C)cc1)c1ccc(F)cc1. The Morgan fingerprint density at radius 3 is 2.08 bits per heavy atom. The molecule has 38 heavy (non-hydrogen) atoms. The van der Waals surface area contributed by atoms with Crippen LogP contribution in [-0.4, -0.2) is 30.8 Å². The Morgan fingerprint density at radius 2 is 1.45 bits per heavy atom. The molecule has 2 amide bonds. The molecule has 0 aromatic heterocycles. The highest BCUT2D eigenvalue weighted by atomic mass is 19.1. The van der Waals surface area contributed by atoms with Gasteiger partial charge in [0.05, 0.1) is 6.42 Å². The van der Waals surface area contributed by atoms with Crippen LogP contribution in [0.15, 0.2) is 103 Å². The number of aryl methyl sites for hydroxylation is 1. The standard InChI is InChI=1S/C32H32FN3O2/c1-23-9-7-8-12-26(23)22-36(30(37)21-24-10-5-4-6-11-24)31(25-13-15-27(33)16-14-25)32(38)34-28-17-19-29(20-18-28)35(2)3/h4-20,31H,21-22H2,1-3H3,(H,34,38). The monoisotopic (exact) mass is 509 g/mol. The average Bonchev–Trinajstić information content (AvgIpc) is 2.91. The molecule has 0 heterocycles. The largest absolute Gasteiger partial charge is 0.378 e. The van der Waals surface area contributed by atoms with E-state index in [2.05, 4.69) is 5.32 Å². The summed E-state index contributed by atoms with van der Waals surface area (Å²) in [6.45, 7) is 2.21. The summed E-state index contributed by atoms with van der Waals surface area (Å²) in [4.78, 5) is 31.3. The number of halogens is 1. The van der Waals surface area contributed by atoms with Crippen LogP contribution in [0.1, 0.15) is 28.3 Å². The summed E-state index contributed by atoms with van der Waals surface area (Å²) in [5.41, 5.74) is 4.94. The normalized spacial score (nSPS) is 11.5. The van der Waals surface area contributed by atoms with E-state index in [0.717, 1.165) is 22.4 Å². The van der Waals surface area contributed by atoms with Gasteiger partial charge in [0.15, 0.2) is 0 Å². The molecular formula is C32H32FN3O2. The second-order valence-corrected chi connectivity index (χ2v) is 9.50. The smallest absolute Gasteiger partial charge is 0.251 e. The van der Waals surface area contributed by atoms with Crippen LogP contribution in [0.2, 0.25) is 0 Å². The Morgan fingerprint density at radius 1 is 0.816 bits per heavy atom. The minimum Gasteiger partial charge on any atom is -0.378 e. The van der Waals surface area contributed by atoms with E-state index in [1.54, 1.807) is 17.0 Å². The van der Waals surface area contributed by atoms with Gasteiger partial charge in [0.25, 0.3) is 5.91 Å². The van der Waals surface area contributed by atoms with Gasteiger partial charge in [-0.1, -0.05) is 66.7 Å². The van der Waals surface area contributed by atoms with E-state index in [0.29, 0.717) is 11.3 Å². The van der Waals surface area contributed by atoms with Crippen molar-refractivity contribution in [3.63, 3.8) is 0 Å². The van der Waals surface area contributed by atoms with Gasteiger partial charge >= 0.3 is 0 Å². The lowest BCUT2D eigenvalue weighted by Crippen LogP contribution is -2.41. The molecule has 1 atom stereocenters. The zero-order valence-corrected chi connectivity index (χ0v) is 21.9. The van der Waals surface area contributed by atoms with E-state index in [-0.39, 0.29) is 24.8 Å². The summed E-state index contributed by atoms with van der Waals surface area (Å²) in [6.07, 6.45) is 0.134. The minimum absolute atomic E-state index is 0.134. The third-order valence-corrected chi connectivity index (χ3v) is 6.52. The van der Waals surface area contributed by atoms with Crippen LogP contribution in [-0.2, 0) is 22.6 Å². The molecule has 0 aliphatic rings. The Labute approximate surface area is 223 Å². The van der Waals surface area contributed by atoms with Crippen molar-refractivity contribution in [3.05, 3.63) is 131 Å². The molecule has 5 nitrogen and oxygen atoms in total. The van der Waals surface area contributed by atoms with Crippen molar-refractivity contribution in [2.45, 2.75) is 25.9 Å². The van der Waals surface area contributed by atoms with Crippen molar-refractivity contribution >= 4 is 23.2 Å². The van der Waals surface area contributed by atoms with Gasteiger partial charge in [-0.3, -0.25) is 9.59 Å². The van der Waals surface area contributed by atoms with Crippen molar-refractivity contribution in [1.29, 1.82) is 0 Å². The average molecular weight is 510 g/mol. The summed E-state index contributed by atoms with van der Waals surface area (Å²) in [5.74, 6) is -0.982. The molecule has 0 aliphatic heterocycles. The molecule has 0 spiro atoms. The predicted octanol–water partition coefficient (Wildman–Crippen LogP) is 6.15. The topological polar surface area (TPSA) is 52.7 Å². The number of carbonyl (C=O) groups excluding carboxylic acids is 2. The predicted molar refractivity (Wildman–Crippen MR) is 150 cm³/mol. The zero-order chi connectivity index (χ0) is 27.1. The van der Waals surface area contributed by atoms with Crippen LogP contribution in [0.25, 0.3) is 0 Å². The second kappa shape index (κ2) is 12.2. The van der Waals surface area contributed by atoms with Gasteiger partial charge in [-0.2, -0.15) is 0 Å². The number of hydrogen-bond donors (Lipinski definition) is 1. The van der Waals surface area contributed by atoms with E-state index in [4.69, 9.17) is 0 Å². The van der Waals surface area contributed by atoms with Gasteiger partial charge in [-0.05, 0) is 65.6 Å². The summed E-state index contributed by atoms with van der Waals surface area (Å²) >= 11 is 0. The fourth-order valence-electron chi connectivity index (χ4n) is 4.34. The maximum atomic E-state index is 13.9. The van der Waals surface area contributed by atoms with Gasteiger partial charge in [-0.25, -0.2) is 4.39 Å². The van der Waals surface area contributed by atoms with Gasteiger partial charge in [-0.15, -0.1) is 0 Å². The maximum Gasteiger partial charge on any atom is 0.251 e. The lowest BCUT2D eigenvalue weighted by atomic mass is 10.00. The van der Waals surface area contributed by atoms with Crippen LogP contribution >= 0.6 is 0 Å². The van der Waals surface area contributed by atoms with Gasteiger partial charge in [0.2, 0.25) is 5.91 Å². The van der Waals surface area contributed by atoms with Crippen LogP contribution in [0.4, 0.5) is 15.8 Å². The molecule has 1 N–H and O–H groups in total. The Kier molecular flexibility index (Phi) is 8.54. The molecule has 4 aromatic carbocycles. The third kappa shape index (κ3) is 6.65. The molecule has 4 aromatic rings. The van der Waals surface area contributed by atoms with Gasteiger partial charge in [0, 0.05) is 32.0 Å². The number of anilines is 2. The highest BCUT2D eigenvalue weighted by molar-refractivity contribution is 5.98. The van der Waals surface area contributed by atoms with E-state index in [1.165, 1.54) is 12.1 Å². The number of rotatable bonds is 9. The Bertz CT molecular complexity index is 1370. The first kappa shape index (κ1) is 26.6. The summed E-state index contributed by atoms with van der Waals surface area (Å²) in [7, 11) is 3.89. The quantitative estimate of drug-likeness (QED) is 0.294. The van der Waals surface area contributed by atoms with Gasteiger partial charge < -0.3 is 15.1 Å². The second-order valence-electron chi connectivity index (χ2n) is 9.50. The first-order valence-corrected chi connectivity index (χ1v) is 12.5.